The number of amides is 3. The van der Waals surface area contributed by atoms with E-state index in [1.54, 1.807) is 45.0 Å². The third kappa shape index (κ3) is 4.66. The van der Waals surface area contributed by atoms with Crippen LogP contribution in [0.3, 0.4) is 0 Å². The molecule has 0 radical (unpaired) electrons. The third-order valence-electron chi connectivity index (χ3n) is 4.72. The van der Waals surface area contributed by atoms with Gasteiger partial charge in [-0.25, -0.2) is 13.2 Å². The van der Waals surface area contributed by atoms with Gasteiger partial charge in [0.15, 0.2) is 0 Å². The summed E-state index contributed by atoms with van der Waals surface area (Å²) >= 11 is 0. The summed E-state index contributed by atoms with van der Waals surface area (Å²) in [4.78, 5) is 25.4. The number of carbonyl (C=O) groups excluding carboxylic acids is 2. The fourth-order valence-electron chi connectivity index (χ4n) is 3.10. The molecule has 2 N–H and O–H groups in total. The Kier molecular flexibility index (Phi) is 6.96. The van der Waals surface area contributed by atoms with Crippen molar-refractivity contribution in [3.8, 4) is 0 Å². The average molecular weight is 397 g/mol. The summed E-state index contributed by atoms with van der Waals surface area (Å²) in [6, 6.07) is 5.57. The van der Waals surface area contributed by atoms with Crippen LogP contribution >= 0.6 is 0 Å². The molecule has 2 atom stereocenters. The first kappa shape index (κ1) is 21.3. The molecule has 150 valence electrons. The number of sulfonamides is 1. The lowest BCUT2D eigenvalue weighted by Crippen LogP contribution is -2.46. The van der Waals surface area contributed by atoms with Gasteiger partial charge in [-0.3, -0.25) is 15.0 Å². The van der Waals surface area contributed by atoms with Gasteiger partial charge in [0.2, 0.25) is 15.9 Å². The van der Waals surface area contributed by atoms with E-state index in [-0.39, 0.29) is 22.9 Å². The van der Waals surface area contributed by atoms with Crippen molar-refractivity contribution in [3.63, 3.8) is 0 Å². The molecule has 1 aromatic carbocycles. The predicted molar refractivity (Wildman–Crippen MR) is 103 cm³/mol. The van der Waals surface area contributed by atoms with Gasteiger partial charge in [-0.15, -0.1) is 0 Å². The molecule has 1 fully saturated rings. The predicted octanol–water partition coefficient (Wildman–Crippen LogP) is 1.31. The van der Waals surface area contributed by atoms with E-state index in [4.69, 9.17) is 0 Å². The van der Waals surface area contributed by atoms with Crippen LogP contribution in [0.2, 0.25) is 0 Å². The second-order valence-corrected chi connectivity index (χ2v) is 8.43. The minimum absolute atomic E-state index is 0.181. The van der Waals surface area contributed by atoms with Crippen molar-refractivity contribution in [1.82, 2.24) is 19.8 Å². The number of nitrogens with zero attached hydrogens (tertiary/aromatic N) is 2. The second-order valence-electron chi connectivity index (χ2n) is 6.49. The number of hydrogen-bond donors (Lipinski definition) is 2. The Bertz CT molecular complexity index is 775. The van der Waals surface area contributed by atoms with Crippen LogP contribution in [-0.2, 0) is 14.8 Å². The monoisotopic (exact) mass is 396 g/mol. The molecule has 27 heavy (non-hydrogen) atoms. The summed E-state index contributed by atoms with van der Waals surface area (Å²) in [6.45, 7) is 8.89. The van der Waals surface area contributed by atoms with Crippen molar-refractivity contribution in [2.75, 3.05) is 26.2 Å². The molecule has 1 saturated heterocycles. The first-order valence-corrected chi connectivity index (χ1v) is 10.6. The zero-order valence-corrected chi connectivity index (χ0v) is 17.0. The van der Waals surface area contributed by atoms with Crippen LogP contribution in [0, 0.1) is 0 Å². The summed E-state index contributed by atoms with van der Waals surface area (Å²) in [7, 11) is -3.49. The highest BCUT2D eigenvalue weighted by Gasteiger charge is 2.30. The largest absolute Gasteiger partial charge is 0.336 e. The van der Waals surface area contributed by atoms with E-state index in [1.165, 1.54) is 9.21 Å². The van der Waals surface area contributed by atoms with Gasteiger partial charge >= 0.3 is 6.03 Å². The zero-order chi connectivity index (χ0) is 20.2. The van der Waals surface area contributed by atoms with Gasteiger partial charge in [0.05, 0.1) is 10.9 Å². The molecule has 0 aliphatic carbocycles. The van der Waals surface area contributed by atoms with Crippen molar-refractivity contribution < 1.29 is 18.0 Å². The normalized spacial score (nSPS) is 17.1. The molecule has 0 bridgehead atoms. The second kappa shape index (κ2) is 8.81. The van der Waals surface area contributed by atoms with Crippen molar-refractivity contribution in [2.45, 2.75) is 44.7 Å². The van der Waals surface area contributed by atoms with E-state index in [2.05, 4.69) is 10.6 Å². The molecule has 1 aliphatic heterocycles. The van der Waals surface area contributed by atoms with E-state index in [1.807, 2.05) is 6.92 Å². The van der Waals surface area contributed by atoms with E-state index in [0.717, 1.165) is 5.56 Å². The zero-order valence-electron chi connectivity index (χ0n) is 16.2. The molecule has 0 unspecified atom stereocenters. The van der Waals surface area contributed by atoms with E-state index >= 15 is 0 Å². The highest BCUT2D eigenvalue weighted by atomic mass is 32.2. The van der Waals surface area contributed by atoms with Crippen LogP contribution < -0.4 is 10.6 Å². The van der Waals surface area contributed by atoms with Crippen molar-refractivity contribution in [2.24, 2.45) is 0 Å². The van der Waals surface area contributed by atoms with Crippen LogP contribution in [0.4, 0.5) is 4.79 Å². The lowest BCUT2D eigenvalue weighted by molar-refractivity contribution is -0.129. The van der Waals surface area contributed by atoms with Crippen LogP contribution in [0.15, 0.2) is 29.2 Å². The fraction of sp³-hybridized carbons (Fsp3) is 0.556. The Labute approximate surface area is 161 Å². The molecule has 2 rings (SSSR count). The molecule has 1 heterocycles. The number of nitrogens with one attached hydrogen (secondary N) is 2. The lowest BCUT2D eigenvalue weighted by Gasteiger charge is -2.23. The average Bonchev–Trinajstić information content (AvgIpc) is 3.07. The molecule has 8 nitrogen and oxygen atoms in total. The Morgan fingerprint density at radius 1 is 1.22 bits per heavy atom. The molecular weight excluding hydrogens is 368 g/mol. The van der Waals surface area contributed by atoms with Gasteiger partial charge < -0.3 is 5.32 Å². The molecule has 1 aromatic rings. The highest BCUT2D eigenvalue weighted by Crippen LogP contribution is 2.20. The lowest BCUT2D eigenvalue weighted by atomic mass is 10.1. The number of imide groups is 1. The maximum absolute atomic E-state index is 12.5. The maximum atomic E-state index is 12.5. The van der Waals surface area contributed by atoms with Crippen LogP contribution in [0.1, 0.15) is 39.3 Å². The minimum Gasteiger partial charge on any atom is -0.336 e. The highest BCUT2D eigenvalue weighted by molar-refractivity contribution is 7.89. The molecular formula is C18H28N4O4S. The maximum Gasteiger partial charge on any atom is 0.324 e. The number of hydrogen-bond acceptors (Lipinski definition) is 5. The quantitative estimate of drug-likeness (QED) is 0.690. The summed E-state index contributed by atoms with van der Waals surface area (Å²) in [5.41, 5.74) is 0.860. The van der Waals surface area contributed by atoms with Crippen LogP contribution in [0.5, 0.6) is 0 Å². The van der Waals surface area contributed by atoms with Gasteiger partial charge in [-0.1, -0.05) is 26.0 Å². The molecule has 1 aliphatic rings. The molecule has 9 heteroatoms. The number of rotatable bonds is 8. The van der Waals surface area contributed by atoms with Gasteiger partial charge in [0.1, 0.15) is 0 Å². The summed E-state index contributed by atoms with van der Waals surface area (Å²) in [5, 5.41) is 5.77. The van der Waals surface area contributed by atoms with Gasteiger partial charge in [-0.2, -0.15) is 4.31 Å². The van der Waals surface area contributed by atoms with Crippen LogP contribution in [-0.4, -0.2) is 61.8 Å². The Morgan fingerprint density at radius 2 is 1.81 bits per heavy atom. The first-order valence-electron chi connectivity index (χ1n) is 9.17. The summed E-state index contributed by atoms with van der Waals surface area (Å²) in [6.07, 6.45) is 0. The molecule has 0 saturated carbocycles. The third-order valence-corrected chi connectivity index (χ3v) is 6.78. The SMILES string of the molecule is CCN(CC)S(=O)(=O)c1ccc([C@@H](C)N[C@@H](C)C(=O)N2CCNC2=O)cc1. The smallest absolute Gasteiger partial charge is 0.324 e. The van der Waals surface area contributed by atoms with E-state index < -0.39 is 16.1 Å². The minimum atomic E-state index is -3.49. The fourth-order valence-corrected chi connectivity index (χ4v) is 4.56. The standard InChI is InChI=1S/C18H28N4O4S/c1-5-21(6-2)27(25,26)16-9-7-15(8-10-16)13(3)20-14(4)17(23)22-12-11-19-18(22)24/h7-10,13-14,20H,5-6,11-12H2,1-4H3,(H,19,24)/t13-,14+/m1/s1. The van der Waals surface area contributed by atoms with Crippen molar-refractivity contribution in [1.29, 1.82) is 0 Å². The molecule has 0 spiro atoms. The number of benzene rings is 1. The Balaban J connectivity index is 2.06. The van der Waals surface area contributed by atoms with E-state index in [0.29, 0.717) is 26.2 Å². The van der Waals surface area contributed by atoms with Gasteiger partial charge in [-0.05, 0) is 31.5 Å². The summed E-state index contributed by atoms with van der Waals surface area (Å²) in [5.74, 6) is -0.280. The van der Waals surface area contributed by atoms with Crippen LogP contribution in [0.25, 0.3) is 0 Å². The van der Waals surface area contributed by atoms with Crippen molar-refractivity contribution >= 4 is 22.0 Å². The van der Waals surface area contributed by atoms with Gasteiger partial charge in [0, 0.05) is 32.2 Å². The Morgan fingerprint density at radius 3 is 2.30 bits per heavy atom. The number of carbonyl (C=O) groups is 2. The molecule has 0 aromatic heterocycles. The Hall–Kier alpha value is -1.97. The summed E-state index contributed by atoms with van der Waals surface area (Å²) < 4.78 is 26.5. The topological polar surface area (TPSA) is 98.8 Å². The first-order chi connectivity index (χ1) is 12.7. The van der Waals surface area contributed by atoms with Crippen molar-refractivity contribution in [3.05, 3.63) is 29.8 Å². The number of urea groups is 1. The molecule has 3 amide bonds. The van der Waals surface area contributed by atoms with E-state index in [9.17, 15) is 18.0 Å². The van der Waals surface area contributed by atoms with Gasteiger partial charge in [0.25, 0.3) is 0 Å².